The zero-order valence-corrected chi connectivity index (χ0v) is 13.6. The Bertz CT molecular complexity index is 572. The molecule has 21 heavy (non-hydrogen) atoms. The van der Waals surface area contributed by atoms with Crippen molar-refractivity contribution in [3.63, 3.8) is 0 Å². The van der Waals surface area contributed by atoms with Crippen molar-refractivity contribution in [1.82, 2.24) is 9.55 Å². The van der Waals surface area contributed by atoms with E-state index in [9.17, 15) is 5.11 Å². The van der Waals surface area contributed by atoms with Crippen molar-refractivity contribution in [1.29, 1.82) is 0 Å². The van der Waals surface area contributed by atoms with Crippen molar-refractivity contribution >= 4 is 11.0 Å². The smallest absolute Gasteiger partial charge is 0.112 e. The molecule has 0 aliphatic heterocycles. The second kappa shape index (κ2) is 7.08. The molecule has 0 saturated heterocycles. The molecule has 1 N–H and O–H groups in total. The number of hydrogen-bond acceptors (Lipinski definition) is 2. The van der Waals surface area contributed by atoms with E-state index in [4.69, 9.17) is 4.98 Å². The van der Waals surface area contributed by atoms with Gasteiger partial charge in [0.05, 0.1) is 16.6 Å². The molecule has 0 amide bonds. The zero-order valence-electron chi connectivity index (χ0n) is 13.6. The Kier molecular flexibility index (Phi) is 5.40. The summed E-state index contributed by atoms with van der Waals surface area (Å²) in [6.07, 6.45) is 6.00. The molecule has 0 aliphatic rings. The molecule has 3 heteroatoms. The van der Waals surface area contributed by atoms with Crippen LogP contribution in [0.15, 0.2) is 24.3 Å². The number of unbranched alkanes of at least 4 members (excludes halogenated alkanes) is 2. The number of aromatic nitrogens is 2. The first-order valence-electron chi connectivity index (χ1n) is 8.24. The SMILES string of the molecule is CCCCCC(C)(O)Cc1nc2ccccc2n1CCC. The lowest BCUT2D eigenvalue weighted by atomic mass is 9.94. The van der Waals surface area contributed by atoms with Crippen molar-refractivity contribution in [2.75, 3.05) is 0 Å². The molecule has 0 aliphatic carbocycles. The number of hydrogen-bond donors (Lipinski definition) is 1. The van der Waals surface area contributed by atoms with Gasteiger partial charge < -0.3 is 9.67 Å². The van der Waals surface area contributed by atoms with E-state index in [-0.39, 0.29) is 0 Å². The monoisotopic (exact) mass is 288 g/mol. The first-order valence-corrected chi connectivity index (χ1v) is 8.24. The van der Waals surface area contributed by atoms with Gasteiger partial charge >= 0.3 is 0 Å². The van der Waals surface area contributed by atoms with Crippen LogP contribution in [0.1, 0.15) is 58.7 Å². The minimum absolute atomic E-state index is 0.630. The second-order valence-electron chi connectivity index (χ2n) is 6.30. The molecule has 116 valence electrons. The first kappa shape index (κ1) is 16.0. The largest absolute Gasteiger partial charge is 0.390 e. The standard InChI is InChI=1S/C18H28N2O/c1-4-6-9-12-18(3,21)14-17-19-15-10-7-8-11-16(15)20(17)13-5-2/h7-8,10-11,21H,4-6,9,12-14H2,1-3H3. The Hall–Kier alpha value is -1.35. The molecule has 0 saturated carbocycles. The van der Waals surface area contributed by atoms with Gasteiger partial charge in [0.25, 0.3) is 0 Å². The first-order chi connectivity index (χ1) is 10.1. The summed E-state index contributed by atoms with van der Waals surface area (Å²) in [5, 5.41) is 10.7. The maximum absolute atomic E-state index is 10.7. The maximum atomic E-state index is 10.7. The van der Waals surface area contributed by atoms with Crippen molar-refractivity contribution in [3.8, 4) is 0 Å². The zero-order chi connectivity index (χ0) is 15.3. The summed E-state index contributed by atoms with van der Waals surface area (Å²) in [5.74, 6) is 1.01. The minimum atomic E-state index is -0.665. The minimum Gasteiger partial charge on any atom is -0.390 e. The molecule has 1 heterocycles. The van der Waals surface area contributed by atoms with E-state index < -0.39 is 5.60 Å². The van der Waals surface area contributed by atoms with Crippen LogP contribution in [0.5, 0.6) is 0 Å². The van der Waals surface area contributed by atoms with Crippen LogP contribution >= 0.6 is 0 Å². The molecule has 0 fully saturated rings. The van der Waals surface area contributed by atoms with Gasteiger partial charge in [-0.3, -0.25) is 0 Å². The van der Waals surface area contributed by atoms with Gasteiger partial charge in [0.1, 0.15) is 5.82 Å². The summed E-state index contributed by atoms with van der Waals surface area (Å²) in [4.78, 5) is 4.75. The number of nitrogens with zero attached hydrogens (tertiary/aromatic N) is 2. The van der Waals surface area contributed by atoms with Crippen molar-refractivity contribution in [3.05, 3.63) is 30.1 Å². The average Bonchev–Trinajstić information content (AvgIpc) is 2.77. The molecule has 1 atom stereocenters. The summed E-state index contributed by atoms with van der Waals surface area (Å²) in [7, 11) is 0. The van der Waals surface area contributed by atoms with E-state index in [1.54, 1.807) is 0 Å². The molecule has 2 rings (SSSR count). The summed E-state index contributed by atoms with van der Waals surface area (Å²) in [6, 6.07) is 8.25. The van der Waals surface area contributed by atoms with Crippen LogP contribution in [0.25, 0.3) is 11.0 Å². The number of rotatable bonds is 8. The summed E-state index contributed by atoms with van der Waals surface area (Å²) in [6.45, 7) is 7.27. The number of aryl methyl sites for hydroxylation is 1. The van der Waals surface area contributed by atoms with Crippen LogP contribution in [0, 0.1) is 0 Å². The van der Waals surface area contributed by atoms with Crippen LogP contribution in [-0.4, -0.2) is 20.3 Å². The highest BCUT2D eigenvalue weighted by Crippen LogP contribution is 2.23. The van der Waals surface area contributed by atoms with Gasteiger partial charge in [-0.05, 0) is 31.9 Å². The van der Waals surface area contributed by atoms with Crippen LogP contribution in [0.3, 0.4) is 0 Å². The highest BCUT2D eigenvalue weighted by Gasteiger charge is 2.24. The van der Waals surface area contributed by atoms with Crippen LogP contribution in [0.2, 0.25) is 0 Å². The Morgan fingerprint density at radius 2 is 1.90 bits per heavy atom. The van der Waals surface area contributed by atoms with Gasteiger partial charge in [0.2, 0.25) is 0 Å². The van der Waals surface area contributed by atoms with Gasteiger partial charge in [0, 0.05) is 13.0 Å². The lowest BCUT2D eigenvalue weighted by Crippen LogP contribution is -2.28. The molecule has 1 aromatic heterocycles. The summed E-state index contributed by atoms with van der Waals surface area (Å²) in [5.41, 5.74) is 1.55. The predicted molar refractivity (Wildman–Crippen MR) is 88.5 cm³/mol. The van der Waals surface area contributed by atoms with Gasteiger partial charge in [-0.2, -0.15) is 0 Å². The molecule has 1 unspecified atom stereocenters. The van der Waals surface area contributed by atoms with Gasteiger partial charge in [0.15, 0.2) is 0 Å². The van der Waals surface area contributed by atoms with E-state index in [0.717, 1.165) is 37.1 Å². The van der Waals surface area contributed by atoms with Gasteiger partial charge in [-0.25, -0.2) is 4.98 Å². The van der Waals surface area contributed by atoms with E-state index in [1.165, 1.54) is 18.4 Å². The molecular formula is C18H28N2O. The number of para-hydroxylation sites is 2. The number of imidazole rings is 1. The molecule has 0 bridgehead atoms. The fraction of sp³-hybridized carbons (Fsp3) is 0.611. The van der Waals surface area contributed by atoms with Gasteiger partial charge in [-0.1, -0.05) is 45.2 Å². The number of benzene rings is 1. The van der Waals surface area contributed by atoms with Crippen molar-refractivity contribution in [2.24, 2.45) is 0 Å². The third kappa shape index (κ3) is 4.07. The highest BCUT2D eigenvalue weighted by molar-refractivity contribution is 5.75. The Morgan fingerprint density at radius 1 is 1.14 bits per heavy atom. The normalized spacial score (nSPS) is 14.5. The molecule has 2 aromatic rings. The topological polar surface area (TPSA) is 38.1 Å². The Morgan fingerprint density at radius 3 is 2.62 bits per heavy atom. The Labute approximate surface area is 128 Å². The van der Waals surface area contributed by atoms with E-state index in [1.807, 2.05) is 13.0 Å². The molecular weight excluding hydrogens is 260 g/mol. The average molecular weight is 288 g/mol. The predicted octanol–water partition coefficient (Wildman–Crippen LogP) is 4.32. The number of aliphatic hydroxyl groups is 1. The lowest BCUT2D eigenvalue weighted by Gasteiger charge is -2.23. The fourth-order valence-electron chi connectivity index (χ4n) is 2.92. The third-order valence-corrected chi connectivity index (χ3v) is 4.04. The van der Waals surface area contributed by atoms with Crippen molar-refractivity contribution in [2.45, 2.75) is 71.4 Å². The quantitative estimate of drug-likeness (QED) is 0.735. The molecule has 0 radical (unpaired) electrons. The lowest BCUT2D eigenvalue weighted by molar-refractivity contribution is 0.0459. The van der Waals surface area contributed by atoms with E-state index >= 15 is 0 Å². The van der Waals surface area contributed by atoms with Crippen molar-refractivity contribution < 1.29 is 5.11 Å². The molecule has 1 aromatic carbocycles. The third-order valence-electron chi connectivity index (χ3n) is 4.04. The molecule has 3 nitrogen and oxygen atoms in total. The summed E-state index contributed by atoms with van der Waals surface area (Å²) < 4.78 is 2.27. The molecule has 0 spiro atoms. The van der Waals surface area contributed by atoms with Crippen LogP contribution < -0.4 is 0 Å². The van der Waals surface area contributed by atoms with Gasteiger partial charge in [-0.15, -0.1) is 0 Å². The van der Waals surface area contributed by atoms with Crippen LogP contribution in [-0.2, 0) is 13.0 Å². The summed E-state index contributed by atoms with van der Waals surface area (Å²) >= 11 is 0. The maximum Gasteiger partial charge on any atom is 0.112 e. The van der Waals surface area contributed by atoms with E-state index in [0.29, 0.717) is 6.42 Å². The Balaban J connectivity index is 2.22. The second-order valence-corrected chi connectivity index (χ2v) is 6.30. The van der Waals surface area contributed by atoms with E-state index in [2.05, 4.69) is 36.6 Å². The highest BCUT2D eigenvalue weighted by atomic mass is 16.3. The fourth-order valence-corrected chi connectivity index (χ4v) is 2.92. The number of fused-ring (bicyclic) bond motifs is 1. The van der Waals surface area contributed by atoms with Crippen LogP contribution in [0.4, 0.5) is 0 Å².